The summed E-state index contributed by atoms with van der Waals surface area (Å²) in [6.07, 6.45) is 1.16. The van der Waals surface area contributed by atoms with Crippen molar-refractivity contribution in [3.8, 4) is 5.75 Å². The van der Waals surface area contributed by atoms with Crippen LogP contribution < -0.4 is 15.2 Å². The SMILES string of the molecule is COC(=O)OCOc1c2n(ccc1=O)N([C@@H]1c3ccccc3SC3(CC3)c3c1ccc(F)c3F)[C@@H]1COCCN1C2=O. The fourth-order valence-corrected chi connectivity index (χ4v) is 7.57. The average Bonchev–Trinajstić information content (AvgIpc) is 3.79. The summed E-state index contributed by atoms with van der Waals surface area (Å²) in [6, 6.07) is 11.0. The van der Waals surface area contributed by atoms with E-state index in [1.165, 1.54) is 28.7 Å². The molecule has 1 aliphatic carbocycles. The van der Waals surface area contributed by atoms with Crippen LogP contribution in [0.25, 0.3) is 0 Å². The van der Waals surface area contributed by atoms with Crippen molar-refractivity contribution in [2.75, 3.05) is 38.7 Å². The van der Waals surface area contributed by atoms with Gasteiger partial charge in [-0.2, -0.15) is 0 Å². The second-order valence-corrected chi connectivity index (χ2v) is 11.8. The zero-order chi connectivity index (χ0) is 29.2. The number of pyridine rings is 1. The predicted molar refractivity (Wildman–Crippen MR) is 145 cm³/mol. The maximum Gasteiger partial charge on any atom is 0.510 e. The van der Waals surface area contributed by atoms with Crippen molar-refractivity contribution in [1.82, 2.24) is 9.58 Å². The van der Waals surface area contributed by atoms with E-state index in [1.54, 1.807) is 11.0 Å². The molecule has 7 rings (SSSR count). The number of benzene rings is 2. The quantitative estimate of drug-likeness (QED) is 0.328. The maximum absolute atomic E-state index is 15.8. The summed E-state index contributed by atoms with van der Waals surface area (Å²) >= 11 is 1.52. The summed E-state index contributed by atoms with van der Waals surface area (Å²) in [4.78, 5) is 41.0. The Labute approximate surface area is 242 Å². The van der Waals surface area contributed by atoms with Crippen molar-refractivity contribution in [3.05, 3.63) is 92.9 Å². The second kappa shape index (κ2) is 10.0. The lowest BCUT2D eigenvalue weighted by Crippen LogP contribution is -2.66. The molecule has 1 saturated carbocycles. The van der Waals surface area contributed by atoms with Crippen LogP contribution in [0.3, 0.4) is 0 Å². The van der Waals surface area contributed by atoms with Crippen LogP contribution in [0.1, 0.15) is 46.1 Å². The van der Waals surface area contributed by atoms with Gasteiger partial charge in [0.25, 0.3) is 5.91 Å². The molecule has 3 aliphatic heterocycles. The van der Waals surface area contributed by atoms with Gasteiger partial charge < -0.3 is 23.8 Å². The van der Waals surface area contributed by atoms with E-state index in [0.717, 1.165) is 23.6 Å². The fourth-order valence-electron chi connectivity index (χ4n) is 6.09. The Morgan fingerprint density at radius 1 is 1.12 bits per heavy atom. The van der Waals surface area contributed by atoms with Crippen LogP contribution in [0.15, 0.2) is 58.4 Å². The first kappa shape index (κ1) is 26.8. The summed E-state index contributed by atoms with van der Waals surface area (Å²) in [5, 5.41) is 1.86. The van der Waals surface area contributed by atoms with E-state index in [1.807, 2.05) is 29.3 Å². The molecule has 13 heteroatoms. The monoisotopic (exact) mass is 597 g/mol. The van der Waals surface area contributed by atoms with Gasteiger partial charge in [0.15, 0.2) is 17.3 Å². The highest BCUT2D eigenvalue weighted by Gasteiger charge is 2.54. The van der Waals surface area contributed by atoms with Gasteiger partial charge in [0.1, 0.15) is 6.17 Å². The lowest BCUT2D eigenvalue weighted by Gasteiger charge is -2.51. The van der Waals surface area contributed by atoms with Crippen LogP contribution in [0.2, 0.25) is 0 Å². The van der Waals surface area contributed by atoms with Crippen molar-refractivity contribution in [3.63, 3.8) is 0 Å². The molecule has 218 valence electrons. The summed E-state index contributed by atoms with van der Waals surface area (Å²) in [5.74, 6) is -2.61. The van der Waals surface area contributed by atoms with Gasteiger partial charge in [0.05, 0.1) is 26.4 Å². The van der Waals surface area contributed by atoms with Crippen molar-refractivity contribution in [1.29, 1.82) is 0 Å². The van der Waals surface area contributed by atoms with Gasteiger partial charge in [-0.15, -0.1) is 11.8 Å². The zero-order valence-corrected chi connectivity index (χ0v) is 23.2. The molecule has 0 N–H and O–H groups in total. The van der Waals surface area contributed by atoms with Crippen molar-refractivity contribution >= 4 is 23.8 Å². The van der Waals surface area contributed by atoms with Crippen LogP contribution >= 0.6 is 11.8 Å². The number of hydrogen-bond donors (Lipinski definition) is 0. The number of amides is 1. The number of thioether (sulfide) groups is 1. The lowest BCUT2D eigenvalue weighted by atomic mass is 9.90. The molecule has 0 bridgehead atoms. The van der Waals surface area contributed by atoms with E-state index in [-0.39, 0.29) is 31.2 Å². The third-order valence-corrected chi connectivity index (χ3v) is 9.66. The molecule has 2 atom stereocenters. The molecule has 1 spiro atoms. The highest BCUT2D eigenvalue weighted by molar-refractivity contribution is 8.00. The molecule has 42 heavy (non-hydrogen) atoms. The van der Waals surface area contributed by atoms with Crippen LogP contribution in [0.4, 0.5) is 13.6 Å². The molecule has 1 aromatic heterocycles. The molecule has 2 fully saturated rings. The van der Waals surface area contributed by atoms with E-state index >= 15 is 4.39 Å². The number of carbonyl (C=O) groups excluding carboxylic acids is 2. The van der Waals surface area contributed by atoms with Crippen molar-refractivity contribution in [2.24, 2.45) is 0 Å². The summed E-state index contributed by atoms with van der Waals surface area (Å²) in [5.41, 5.74) is 1.01. The van der Waals surface area contributed by atoms with Crippen LogP contribution in [0.5, 0.6) is 5.75 Å². The highest BCUT2D eigenvalue weighted by Crippen LogP contribution is 2.64. The van der Waals surface area contributed by atoms with E-state index < -0.39 is 52.9 Å². The minimum absolute atomic E-state index is 0.0891. The molecule has 1 saturated heterocycles. The molecule has 0 radical (unpaired) electrons. The van der Waals surface area contributed by atoms with Gasteiger partial charge >= 0.3 is 6.16 Å². The normalized spacial score (nSPS) is 21.5. The number of nitrogens with zero attached hydrogens (tertiary/aromatic N) is 3. The van der Waals surface area contributed by atoms with Crippen molar-refractivity contribution in [2.45, 2.75) is 34.7 Å². The average molecular weight is 598 g/mol. The van der Waals surface area contributed by atoms with Crippen LogP contribution in [0, 0.1) is 11.6 Å². The van der Waals surface area contributed by atoms with Crippen molar-refractivity contribution < 1.29 is 37.3 Å². The first-order valence-electron chi connectivity index (χ1n) is 13.4. The van der Waals surface area contributed by atoms with E-state index in [2.05, 4.69) is 4.74 Å². The smallest absolute Gasteiger partial charge is 0.451 e. The molecule has 4 aliphatic rings. The first-order valence-corrected chi connectivity index (χ1v) is 14.2. The van der Waals surface area contributed by atoms with Gasteiger partial charge in [-0.3, -0.25) is 19.3 Å². The number of halogens is 2. The Balaban J connectivity index is 1.47. The first-order chi connectivity index (χ1) is 20.3. The molecular weight excluding hydrogens is 572 g/mol. The fraction of sp³-hybridized carbons (Fsp3) is 0.345. The minimum atomic E-state index is -1.02. The number of carbonyl (C=O) groups is 2. The summed E-state index contributed by atoms with van der Waals surface area (Å²) < 4.78 is 52.2. The third-order valence-electron chi connectivity index (χ3n) is 8.07. The number of rotatable bonds is 4. The maximum atomic E-state index is 15.8. The summed E-state index contributed by atoms with van der Waals surface area (Å²) in [7, 11) is 1.13. The Hall–Kier alpha value is -4.10. The number of aromatic nitrogens is 1. The van der Waals surface area contributed by atoms with Gasteiger partial charge in [-0.05, 0) is 36.1 Å². The lowest BCUT2D eigenvalue weighted by molar-refractivity contribution is -0.0209. The molecular formula is C29H25F2N3O7S. The number of morpholine rings is 1. The van der Waals surface area contributed by atoms with Gasteiger partial charge in [0, 0.05) is 34.0 Å². The number of methoxy groups -OCH3 is 1. The van der Waals surface area contributed by atoms with E-state index in [9.17, 15) is 18.8 Å². The number of hydrogen-bond acceptors (Lipinski definition) is 9. The molecule has 4 heterocycles. The van der Waals surface area contributed by atoms with Gasteiger partial charge in [0.2, 0.25) is 18.0 Å². The van der Waals surface area contributed by atoms with Crippen LogP contribution in [-0.4, -0.2) is 61.5 Å². The number of fused-ring (bicyclic) bond motifs is 5. The standard InChI is InChI=1S/C29H25F2N3O7S/c1-38-28(37)41-15-40-26-19(35)8-11-33-25(26)27(36)32-12-13-39-14-21(32)34(33)24-16-4-2-3-5-20(16)42-29(9-10-29)22-17(24)6-7-18(30)23(22)31/h2-8,11,21,24H,9-10,12-15H2,1H3/t21-,24-/m1/s1. The van der Waals surface area contributed by atoms with Crippen LogP contribution in [-0.2, 0) is 19.0 Å². The summed E-state index contributed by atoms with van der Waals surface area (Å²) in [6.45, 7) is -0.0449. The molecule has 3 aromatic rings. The highest BCUT2D eigenvalue weighted by atomic mass is 32.2. The Morgan fingerprint density at radius 2 is 1.93 bits per heavy atom. The molecule has 2 aromatic carbocycles. The van der Waals surface area contributed by atoms with Gasteiger partial charge in [-0.1, -0.05) is 24.3 Å². The van der Waals surface area contributed by atoms with E-state index in [4.69, 9.17) is 14.2 Å². The zero-order valence-electron chi connectivity index (χ0n) is 22.4. The molecule has 1 amide bonds. The topological polar surface area (TPSA) is 99.5 Å². The Bertz CT molecular complexity index is 1680. The molecule has 0 unspecified atom stereocenters. The minimum Gasteiger partial charge on any atom is -0.451 e. The van der Waals surface area contributed by atoms with Gasteiger partial charge in [-0.25, -0.2) is 13.6 Å². The second-order valence-electron chi connectivity index (χ2n) is 10.4. The van der Waals surface area contributed by atoms with E-state index in [0.29, 0.717) is 24.0 Å². The largest absolute Gasteiger partial charge is 0.510 e. The predicted octanol–water partition coefficient (Wildman–Crippen LogP) is 3.88. The Morgan fingerprint density at radius 3 is 2.71 bits per heavy atom. The number of ether oxygens (including phenoxy) is 4. The Kier molecular flexibility index (Phi) is 6.39. The third kappa shape index (κ3) is 4.05. The molecule has 10 nitrogen and oxygen atoms in total.